The number of anilines is 1. The van der Waals surface area contributed by atoms with E-state index in [9.17, 15) is 15.0 Å². The van der Waals surface area contributed by atoms with E-state index >= 15 is 0 Å². The zero-order valence-corrected chi connectivity index (χ0v) is 12.1. The van der Waals surface area contributed by atoms with Crippen LogP contribution < -0.4 is 10.6 Å². The standard InChI is InChI=1S/C15H14N2O3S/c1-17(10-6-3-2-5-9(10)14(16)21)15(20)13-11(18)7-4-8-12(13)19/h2-8,18-19H,1H3,(H2,16,21). The monoisotopic (exact) mass is 302 g/mol. The van der Waals surface area contributed by atoms with Gasteiger partial charge in [0.25, 0.3) is 5.91 Å². The van der Waals surface area contributed by atoms with Gasteiger partial charge in [-0.1, -0.05) is 30.4 Å². The Balaban J connectivity index is 2.48. The lowest BCUT2D eigenvalue weighted by Crippen LogP contribution is -2.28. The summed E-state index contributed by atoms with van der Waals surface area (Å²) in [6.45, 7) is 0. The van der Waals surface area contributed by atoms with Gasteiger partial charge in [-0.15, -0.1) is 0 Å². The fourth-order valence-corrected chi connectivity index (χ4v) is 2.17. The molecule has 108 valence electrons. The second-order valence-electron chi connectivity index (χ2n) is 4.42. The van der Waals surface area contributed by atoms with Crippen LogP contribution in [0.4, 0.5) is 5.69 Å². The van der Waals surface area contributed by atoms with Crippen LogP contribution >= 0.6 is 12.2 Å². The van der Waals surface area contributed by atoms with E-state index < -0.39 is 5.91 Å². The molecular formula is C15H14N2O3S. The van der Waals surface area contributed by atoms with Crippen molar-refractivity contribution in [3.63, 3.8) is 0 Å². The van der Waals surface area contributed by atoms with Crippen molar-refractivity contribution in [1.29, 1.82) is 0 Å². The molecule has 0 aliphatic heterocycles. The molecule has 0 saturated heterocycles. The quantitative estimate of drug-likeness (QED) is 0.755. The summed E-state index contributed by atoms with van der Waals surface area (Å²) in [7, 11) is 1.52. The largest absolute Gasteiger partial charge is 0.507 e. The molecule has 0 spiro atoms. The van der Waals surface area contributed by atoms with E-state index in [-0.39, 0.29) is 22.1 Å². The number of hydrogen-bond donors (Lipinski definition) is 3. The summed E-state index contributed by atoms with van der Waals surface area (Å²) in [5, 5.41) is 19.6. The number of carbonyl (C=O) groups excluding carboxylic acids is 1. The van der Waals surface area contributed by atoms with Gasteiger partial charge in [-0.2, -0.15) is 0 Å². The molecule has 2 rings (SSSR count). The van der Waals surface area contributed by atoms with E-state index in [2.05, 4.69) is 0 Å². The van der Waals surface area contributed by atoms with Crippen molar-refractivity contribution < 1.29 is 15.0 Å². The molecule has 0 unspecified atom stereocenters. The minimum atomic E-state index is -0.561. The third kappa shape index (κ3) is 2.80. The summed E-state index contributed by atoms with van der Waals surface area (Å²) in [4.78, 5) is 13.9. The molecule has 0 aliphatic carbocycles. The van der Waals surface area contributed by atoms with E-state index in [0.29, 0.717) is 11.3 Å². The summed E-state index contributed by atoms with van der Waals surface area (Å²) >= 11 is 4.96. The van der Waals surface area contributed by atoms with Gasteiger partial charge in [0.1, 0.15) is 22.1 Å². The zero-order chi connectivity index (χ0) is 15.6. The number of nitrogens with zero attached hydrogens (tertiary/aromatic N) is 1. The average molecular weight is 302 g/mol. The topological polar surface area (TPSA) is 86.8 Å². The second kappa shape index (κ2) is 5.80. The van der Waals surface area contributed by atoms with Crippen LogP contribution in [0, 0.1) is 0 Å². The number of amides is 1. The van der Waals surface area contributed by atoms with Gasteiger partial charge < -0.3 is 20.8 Å². The van der Waals surface area contributed by atoms with Gasteiger partial charge in [-0.05, 0) is 24.3 Å². The van der Waals surface area contributed by atoms with Gasteiger partial charge in [-0.3, -0.25) is 4.79 Å². The van der Waals surface area contributed by atoms with Crippen molar-refractivity contribution in [3.05, 3.63) is 53.6 Å². The predicted octanol–water partition coefficient (Wildman–Crippen LogP) is 2.01. The van der Waals surface area contributed by atoms with Gasteiger partial charge >= 0.3 is 0 Å². The van der Waals surface area contributed by atoms with Gasteiger partial charge in [0, 0.05) is 12.6 Å². The molecule has 1 amide bonds. The fourth-order valence-electron chi connectivity index (χ4n) is 2.00. The van der Waals surface area contributed by atoms with E-state index in [4.69, 9.17) is 18.0 Å². The van der Waals surface area contributed by atoms with Crippen LogP contribution in [-0.2, 0) is 0 Å². The first kappa shape index (κ1) is 14.8. The van der Waals surface area contributed by atoms with Crippen molar-refractivity contribution in [2.24, 2.45) is 5.73 Å². The van der Waals surface area contributed by atoms with Gasteiger partial charge in [-0.25, -0.2) is 0 Å². The molecule has 0 saturated carbocycles. The van der Waals surface area contributed by atoms with Crippen LogP contribution in [0.1, 0.15) is 15.9 Å². The second-order valence-corrected chi connectivity index (χ2v) is 4.86. The third-order valence-electron chi connectivity index (χ3n) is 3.07. The van der Waals surface area contributed by atoms with Crippen molar-refractivity contribution in [1.82, 2.24) is 0 Å². The Kier molecular flexibility index (Phi) is 4.09. The minimum Gasteiger partial charge on any atom is -0.507 e. The lowest BCUT2D eigenvalue weighted by Gasteiger charge is -2.21. The molecule has 0 fully saturated rings. The number of phenolic OH excluding ortho intramolecular Hbond substituents is 2. The highest BCUT2D eigenvalue weighted by Crippen LogP contribution is 2.30. The molecule has 0 heterocycles. The molecule has 0 radical (unpaired) electrons. The minimum absolute atomic E-state index is 0.159. The number of thiocarbonyl (C=S) groups is 1. The van der Waals surface area contributed by atoms with Crippen LogP contribution in [0.5, 0.6) is 11.5 Å². The summed E-state index contributed by atoms with van der Waals surface area (Å²) in [6, 6.07) is 11.0. The van der Waals surface area contributed by atoms with E-state index in [1.54, 1.807) is 24.3 Å². The number of para-hydroxylation sites is 1. The van der Waals surface area contributed by atoms with Gasteiger partial charge in [0.15, 0.2) is 0 Å². The summed E-state index contributed by atoms with van der Waals surface area (Å²) < 4.78 is 0. The lowest BCUT2D eigenvalue weighted by molar-refractivity contribution is 0.0987. The normalized spacial score (nSPS) is 10.1. The number of rotatable bonds is 3. The number of carbonyl (C=O) groups is 1. The molecule has 5 nitrogen and oxygen atoms in total. The molecule has 6 heteroatoms. The molecule has 0 atom stereocenters. The molecular weight excluding hydrogens is 288 g/mol. The first-order chi connectivity index (χ1) is 9.93. The number of phenols is 2. The Morgan fingerprint density at radius 3 is 2.24 bits per heavy atom. The van der Waals surface area contributed by atoms with Crippen LogP contribution in [0.25, 0.3) is 0 Å². The zero-order valence-electron chi connectivity index (χ0n) is 11.3. The predicted molar refractivity (Wildman–Crippen MR) is 84.8 cm³/mol. The summed E-state index contributed by atoms with van der Waals surface area (Å²) in [6.07, 6.45) is 0. The highest BCUT2D eigenvalue weighted by atomic mass is 32.1. The number of hydrogen-bond acceptors (Lipinski definition) is 4. The summed E-state index contributed by atoms with van der Waals surface area (Å²) in [5.74, 6) is -1.14. The number of nitrogens with two attached hydrogens (primary N) is 1. The molecule has 2 aromatic carbocycles. The van der Waals surface area contributed by atoms with Gasteiger partial charge in [0.05, 0.1) is 5.69 Å². The van der Waals surface area contributed by atoms with E-state index in [1.807, 2.05) is 0 Å². The van der Waals surface area contributed by atoms with Crippen molar-refractivity contribution >= 4 is 28.8 Å². The number of benzene rings is 2. The molecule has 2 aromatic rings. The third-order valence-corrected chi connectivity index (χ3v) is 3.29. The van der Waals surface area contributed by atoms with Crippen molar-refractivity contribution in [3.8, 4) is 11.5 Å². The Morgan fingerprint density at radius 2 is 1.67 bits per heavy atom. The van der Waals surface area contributed by atoms with E-state index in [0.717, 1.165) is 0 Å². The molecule has 4 N–H and O–H groups in total. The van der Waals surface area contributed by atoms with E-state index in [1.165, 1.54) is 30.1 Å². The maximum Gasteiger partial charge on any atom is 0.265 e. The number of aromatic hydroxyl groups is 2. The highest BCUT2D eigenvalue weighted by Gasteiger charge is 2.22. The van der Waals surface area contributed by atoms with Crippen LogP contribution in [-0.4, -0.2) is 28.2 Å². The molecule has 0 bridgehead atoms. The Morgan fingerprint density at radius 1 is 1.10 bits per heavy atom. The first-order valence-electron chi connectivity index (χ1n) is 6.11. The Labute approximate surface area is 127 Å². The van der Waals surface area contributed by atoms with Crippen LogP contribution in [0.15, 0.2) is 42.5 Å². The van der Waals surface area contributed by atoms with Crippen LogP contribution in [0.2, 0.25) is 0 Å². The highest BCUT2D eigenvalue weighted by molar-refractivity contribution is 7.80. The van der Waals surface area contributed by atoms with Crippen molar-refractivity contribution in [2.45, 2.75) is 0 Å². The molecule has 21 heavy (non-hydrogen) atoms. The molecule has 0 aliphatic rings. The lowest BCUT2D eigenvalue weighted by atomic mass is 10.1. The van der Waals surface area contributed by atoms with Crippen molar-refractivity contribution in [2.75, 3.05) is 11.9 Å². The van der Waals surface area contributed by atoms with Gasteiger partial charge in [0.2, 0.25) is 0 Å². The Bertz CT molecular complexity index is 696. The first-order valence-corrected chi connectivity index (χ1v) is 6.52. The average Bonchev–Trinajstić information content (AvgIpc) is 2.46. The Hall–Kier alpha value is -2.60. The maximum absolute atomic E-state index is 12.5. The van der Waals surface area contributed by atoms with Crippen LogP contribution in [0.3, 0.4) is 0 Å². The SMILES string of the molecule is CN(C(=O)c1c(O)cccc1O)c1ccccc1C(N)=S. The fraction of sp³-hybridized carbons (Fsp3) is 0.0667. The smallest absolute Gasteiger partial charge is 0.265 e. The molecule has 0 aromatic heterocycles. The summed E-state index contributed by atoms with van der Waals surface area (Å²) in [5.41, 5.74) is 6.51. The maximum atomic E-state index is 12.5.